The van der Waals surface area contributed by atoms with Crippen molar-refractivity contribution < 1.29 is 32.8 Å². The molecule has 0 aliphatic carbocycles. The first-order valence-electron chi connectivity index (χ1n) is 7.27. The van der Waals surface area contributed by atoms with E-state index in [0.717, 1.165) is 0 Å². The van der Waals surface area contributed by atoms with Crippen molar-refractivity contribution in [1.82, 2.24) is 0 Å². The number of benzene rings is 1. The first-order valence-corrected chi connectivity index (χ1v) is 10.0. The summed E-state index contributed by atoms with van der Waals surface area (Å²) in [5.41, 5.74) is 0.380. The van der Waals surface area contributed by atoms with Crippen LogP contribution in [0.4, 0.5) is 0 Å². The van der Waals surface area contributed by atoms with Crippen LogP contribution in [0.3, 0.4) is 0 Å². The van der Waals surface area contributed by atoms with E-state index in [4.69, 9.17) is 13.8 Å². The van der Waals surface area contributed by atoms with Gasteiger partial charge in [-0.2, -0.15) is 0 Å². The number of carboxylic acid groups (broad SMARTS) is 1. The van der Waals surface area contributed by atoms with Crippen molar-refractivity contribution in [3.63, 3.8) is 0 Å². The third-order valence-electron chi connectivity index (χ3n) is 2.93. The summed E-state index contributed by atoms with van der Waals surface area (Å²) < 4.78 is 40.2. The maximum absolute atomic E-state index is 12.7. The van der Waals surface area contributed by atoms with Crippen molar-refractivity contribution in [2.75, 3.05) is 19.8 Å². The van der Waals surface area contributed by atoms with E-state index in [-0.39, 0.29) is 42.6 Å². The van der Waals surface area contributed by atoms with E-state index in [1.807, 2.05) is 0 Å². The van der Waals surface area contributed by atoms with E-state index in [1.54, 1.807) is 20.8 Å². The zero-order valence-electron chi connectivity index (χ0n) is 13.4. The molecule has 0 amide bonds. The molecular formula is C14H22O7P2. The van der Waals surface area contributed by atoms with Gasteiger partial charge in [-0.1, -0.05) is 6.07 Å². The fourth-order valence-electron chi connectivity index (χ4n) is 2.12. The van der Waals surface area contributed by atoms with Gasteiger partial charge < -0.3 is 23.5 Å². The van der Waals surface area contributed by atoms with Crippen LogP contribution in [0.5, 0.6) is 5.75 Å². The van der Waals surface area contributed by atoms with Gasteiger partial charge in [0.15, 0.2) is 0 Å². The third kappa shape index (κ3) is 5.18. The van der Waals surface area contributed by atoms with Crippen LogP contribution in [0.2, 0.25) is 0 Å². The van der Waals surface area contributed by atoms with Crippen LogP contribution in [0.1, 0.15) is 36.7 Å². The highest BCUT2D eigenvalue weighted by Gasteiger charge is 2.28. The summed E-state index contributed by atoms with van der Waals surface area (Å²) in [5, 5.41) is 9.32. The van der Waals surface area contributed by atoms with E-state index in [0.29, 0.717) is 5.56 Å². The molecule has 130 valence electrons. The molecule has 0 aromatic heterocycles. The Labute approximate surface area is 136 Å². The van der Waals surface area contributed by atoms with Gasteiger partial charge in [0.25, 0.3) is 0 Å². The Balaban J connectivity index is 3.37. The monoisotopic (exact) mass is 364 g/mol. The lowest BCUT2D eigenvalue weighted by molar-refractivity contribution is 0.0698. The van der Waals surface area contributed by atoms with Crippen molar-refractivity contribution in [1.29, 1.82) is 0 Å². The van der Waals surface area contributed by atoms with Crippen molar-refractivity contribution in [2.24, 2.45) is 0 Å². The van der Waals surface area contributed by atoms with Gasteiger partial charge >= 0.3 is 13.6 Å². The standard InChI is InChI=1S/C14H22O7P2/c1-4-19-12-10(9-23(18,20-5-2)21-6-3)7-8-11(14(15)16)13(12)22-17/h7-8H,4-6,9,22H2,1-3H3,(H,15,16). The van der Waals surface area contributed by atoms with Gasteiger partial charge in [-0.25, -0.2) is 4.79 Å². The van der Waals surface area contributed by atoms with Gasteiger partial charge in [-0.3, -0.25) is 4.57 Å². The molecule has 1 rings (SSSR count). The topological polar surface area (TPSA) is 99.1 Å². The average Bonchev–Trinajstić information content (AvgIpc) is 2.48. The van der Waals surface area contributed by atoms with Crippen molar-refractivity contribution in [2.45, 2.75) is 26.9 Å². The minimum atomic E-state index is -3.38. The van der Waals surface area contributed by atoms with Crippen molar-refractivity contribution in [3.05, 3.63) is 23.3 Å². The second kappa shape index (κ2) is 9.24. The van der Waals surface area contributed by atoms with E-state index < -0.39 is 22.0 Å². The van der Waals surface area contributed by atoms with E-state index in [2.05, 4.69) is 0 Å². The lowest BCUT2D eigenvalue weighted by Gasteiger charge is -2.20. The Morgan fingerprint density at radius 1 is 1.17 bits per heavy atom. The van der Waals surface area contributed by atoms with Crippen LogP contribution in [-0.4, -0.2) is 30.9 Å². The number of hydrogen-bond acceptors (Lipinski definition) is 6. The molecule has 0 aliphatic rings. The predicted molar refractivity (Wildman–Crippen MR) is 89.2 cm³/mol. The molecule has 0 radical (unpaired) electrons. The molecule has 0 heterocycles. The van der Waals surface area contributed by atoms with Gasteiger partial charge in [0.1, 0.15) is 5.75 Å². The highest BCUT2D eigenvalue weighted by Crippen LogP contribution is 2.52. The summed E-state index contributed by atoms with van der Waals surface area (Å²) in [6, 6.07) is 2.83. The van der Waals surface area contributed by atoms with Crippen LogP contribution < -0.4 is 10.0 Å². The summed E-state index contributed by atoms with van der Waals surface area (Å²) in [7, 11) is -4.91. The Morgan fingerprint density at radius 2 is 1.78 bits per heavy atom. The quantitative estimate of drug-likeness (QED) is 0.637. The first-order chi connectivity index (χ1) is 10.9. The highest BCUT2D eigenvalue weighted by atomic mass is 31.2. The summed E-state index contributed by atoms with van der Waals surface area (Å²) in [6.45, 7) is 5.83. The minimum Gasteiger partial charge on any atom is -0.493 e. The third-order valence-corrected chi connectivity index (χ3v) is 5.77. The summed E-state index contributed by atoms with van der Waals surface area (Å²) >= 11 is 0. The Morgan fingerprint density at radius 3 is 2.22 bits per heavy atom. The molecule has 0 spiro atoms. The maximum atomic E-state index is 12.7. The molecule has 23 heavy (non-hydrogen) atoms. The molecule has 0 saturated carbocycles. The lowest BCUT2D eigenvalue weighted by Crippen LogP contribution is -2.16. The number of ether oxygens (including phenoxy) is 1. The average molecular weight is 364 g/mol. The number of carbonyl (C=O) groups is 1. The van der Waals surface area contributed by atoms with Crippen molar-refractivity contribution >= 4 is 27.3 Å². The SMILES string of the molecule is CCOc1c(CP(=O)(OCC)OCC)ccc(C(=O)O)c1[PH2]=O. The zero-order valence-corrected chi connectivity index (χ0v) is 15.5. The van der Waals surface area contributed by atoms with Gasteiger partial charge in [-0.15, -0.1) is 0 Å². The number of hydrogen-bond donors (Lipinski definition) is 1. The summed E-state index contributed by atoms with van der Waals surface area (Å²) in [4.78, 5) is 11.3. The van der Waals surface area contributed by atoms with E-state index in [9.17, 15) is 19.0 Å². The van der Waals surface area contributed by atoms with Crippen molar-refractivity contribution in [3.8, 4) is 5.75 Å². The highest BCUT2D eigenvalue weighted by molar-refractivity contribution is 7.53. The lowest BCUT2D eigenvalue weighted by atomic mass is 10.1. The molecule has 1 atom stereocenters. The molecule has 0 bridgehead atoms. The molecule has 1 unspecified atom stereocenters. The van der Waals surface area contributed by atoms with Crippen LogP contribution in [0.15, 0.2) is 12.1 Å². The Kier molecular flexibility index (Phi) is 8.00. The zero-order chi connectivity index (χ0) is 17.5. The van der Waals surface area contributed by atoms with Gasteiger partial charge in [0.2, 0.25) is 0 Å². The molecule has 7 nitrogen and oxygen atoms in total. The number of rotatable bonds is 10. The van der Waals surface area contributed by atoms with Gasteiger partial charge in [-0.05, 0) is 26.8 Å². The maximum Gasteiger partial charge on any atom is 0.336 e. The molecule has 1 aromatic rings. The molecule has 1 N–H and O–H groups in total. The molecule has 9 heteroatoms. The fourth-order valence-corrected chi connectivity index (χ4v) is 4.55. The summed E-state index contributed by atoms with van der Waals surface area (Å²) in [5.74, 6) is -0.995. The van der Waals surface area contributed by atoms with Gasteiger partial charge in [0.05, 0.1) is 45.3 Å². The first kappa shape index (κ1) is 19.9. The molecule has 1 aromatic carbocycles. The predicted octanol–water partition coefficient (Wildman–Crippen LogP) is 2.93. The second-order valence-corrected chi connectivity index (χ2v) is 7.34. The van der Waals surface area contributed by atoms with Crippen LogP contribution in [-0.2, 0) is 24.3 Å². The molecule has 0 fully saturated rings. The van der Waals surface area contributed by atoms with Crippen LogP contribution in [0.25, 0.3) is 0 Å². The molecule has 0 saturated heterocycles. The minimum absolute atomic E-state index is 0.0731. The molecule has 0 aliphatic heterocycles. The second-order valence-electron chi connectivity index (χ2n) is 4.48. The number of carboxylic acids is 1. The number of aromatic carboxylic acids is 1. The van der Waals surface area contributed by atoms with Crippen LogP contribution >= 0.6 is 16.1 Å². The fraction of sp³-hybridized carbons (Fsp3) is 0.500. The van der Waals surface area contributed by atoms with E-state index >= 15 is 0 Å². The Bertz CT molecular complexity index is 605. The van der Waals surface area contributed by atoms with Crippen LogP contribution in [0, 0.1) is 0 Å². The smallest absolute Gasteiger partial charge is 0.336 e. The van der Waals surface area contributed by atoms with Gasteiger partial charge in [0, 0.05) is 5.56 Å². The molecular weight excluding hydrogens is 342 g/mol. The largest absolute Gasteiger partial charge is 0.493 e. The Hall–Kier alpha value is -1.13. The summed E-state index contributed by atoms with van der Waals surface area (Å²) in [6.07, 6.45) is -0.0731. The normalized spacial score (nSPS) is 12.0. The van der Waals surface area contributed by atoms with E-state index in [1.165, 1.54) is 12.1 Å².